The lowest BCUT2D eigenvalue weighted by molar-refractivity contribution is 0.0931. The van der Waals surface area contributed by atoms with Gasteiger partial charge < -0.3 is 15.5 Å². The molecule has 0 aliphatic carbocycles. The second kappa shape index (κ2) is 7.09. The van der Waals surface area contributed by atoms with Crippen LogP contribution >= 0.6 is 0 Å². The smallest absolute Gasteiger partial charge is 0.275 e. The molecule has 0 spiro atoms. The van der Waals surface area contributed by atoms with E-state index < -0.39 is 12.0 Å². The van der Waals surface area contributed by atoms with E-state index in [1.54, 1.807) is 6.92 Å². The minimum atomic E-state index is -0.426. The Kier molecular flexibility index (Phi) is 5.16. The molecule has 2 rings (SSSR count). The van der Waals surface area contributed by atoms with E-state index in [1.807, 2.05) is 37.3 Å². The molecule has 3 N–H and O–H groups in total. The van der Waals surface area contributed by atoms with Crippen LogP contribution in [0, 0.1) is 5.92 Å². The summed E-state index contributed by atoms with van der Waals surface area (Å²) < 4.78 is 1.46. The van der Waals surface area contributed by atoms with Gasteiger partial charge in [0, 0.05) is 6.54 Å². The molecule has 6 heteroatoms. The van der Waals surface area contributed by atoms with Gasteiger partial charge in [0.1, 0.15) is 0 Å². The molecular formula is C16H21N3O3. The second-order valence-corrected chi connectivity index (χ2v) is 5.54. The number of rotatable bonds is 6. The van der Waals surface area contributed by atoms with Crippen LogP contribution in [0.2, 0.25) is 0 Å². The molecule has 0 saturated carbocycles. The fourth-order valence-corrected chi connectivity index (χ4v) is 2.26. The van der Waals surface area contributed by atoms with Crippen molar-refractivity contribution < 1.29 is 15.0 Å². The molecular weight excluding hydrogens is 282 g/mol. The predicted molar refractivity (Wildman–Crippen MR) is 83.0 cm³/mol. The van der Waals surface area contributed by atoms with Crippen LogP contribution < -0.4 is 5.32 Å². The normalized spacial score (nSPS) is 13.6. The van der Waals surface area contributed by atoms with Crippen LogP contribution in [-0.2, 0) is 0 Å². The lowest BCUT2D eigenvalue weighted by Gasteiger charge is -2.13. The number of aliphatic hydroxyl groups excluding tert-OH is 1. The van der Waals surface area contributed by atoms with Gasteiger partial charge in [0.2, 0.25) is 0 Å². The van der Waals surface area contributed by atoms with E-state index in [4.69, 9.17) is 0 Å². The zero-order chi connectivity index (χ0) is 16.1. The van der Waals surface area contributed by atoms with E-state index in [1.165, 1.54) is 10.9 Å². The molecule has 6 nitrogen and oxygen atoms in total. The van der Waals surface area contributed by atoms with E-state index in [0.29, 0.717) is 13.0 Å². The first kappa shape index (κ1) is 16.0. The molecule has 118 valence electrons. The van der Waals surface area contributed by atoms with Crippen molar-refractivity contribution in [1.29, 1.82) is 0 Å². The van der Waals surface area contributed by atoms with Gasteiger partial charge in [-0.05, 0) is 31.4 Å². The second-order valence-electron chi connectivity index (χ2n) is 5.54. The van der Waals surface area contributed by atoms with E-state index in [0.717, 1.165) is 5.69 Å². The number of aliphatic hydroxyl groups is 1. The van der Waals surface area contributed by atoms with Crippen LogP contribution in [-0.4, -0.2) is 38.5 Å². The van der Waals surface area contributed by atoms with E-state index >= 15 is 0 Å². The average molecular weight is 303 g/mol. The number of benzene rings is 1. The summed E-state index contributed by atoms with van der Waals surface area (Å²) >= 11 is 0. The van der Waals surface area contributed by atoms with Crippen LogP contribution in [0.5, 0.6) is 5.75 Å². The quantitative estimate of drug-likeness (QED) is 0.758. The number of hydrogen-bond acceptors (Lipinski definition) is 4. The standard InChI is InChI=1S/C16H21N3O3/c1-11(8-12(2)20)9-17-16(22)15-14(21)10-19(18-15)13-6-4-3-5-7-13/h3-7,10-12,20-21H,8-9H2,1-2H3,(H,17,22). The molecule has 2 atom stereocenters. The molecule has 1 aromatic carbocycles. The van der Waals surface area contributed by atoms with Gasteiger partial charge in [0.25, 0.3) is 5.91 Å². The summed E-state index contributed by atoms with van der Waals surface area (Å²) in [6.07, 6.45) is 1.60. The summed E-state index contributed by atoms with van der Waals surface area (Å²) in [4.78, 5) is 12.1. The SMILES string of the molecule is CC(O)CC(C)CNC(=O)c1nn(-c2ccccc2)cc1O. The molecule has 22 heavy (non-hydrogen) atoms. The number of amides is 1. The Bertz CT molecular complexity index is 623. The summed E-state index contributed by atoms with van der Waals surface area (Å²) in [6, 6.07) is 9.25. The first-order valence-electron chi connectivity index (χ1n) is 7.27. The van der Waals surface area contributed by atoms with Crippen molar-refractivity contribution in [2.24, 2.45) is 5.92 Å². The summed E-state index contributed by atoms with van der Waals surface area (Å²) in [6.45, 7) is 4.07. The van der Waals surface area contributed by atoms with Crippen molar-refractivity contribution in [2.75, 3.05) is 6.54 Å². The van der Waals surface area contributed by atoms with Gasteiger partial charge in [-0.1, -0.05) is 25.1 Å². The Morgan fingerprint density at radius 3 is 2.64 bits per heavy atom. The first-order chi connectivity index (χ1) is 10.5. The molecule has 0 radical (unpaired) electrons. The number of aromatic nitrogens is 2. The lowest BCUT2D eigenvalue weighted by Crippen LogP contribution is -2.30. The molecule has 0 aliphatic rings. The number of para-hydroxylation sites is 1. The van der Waals surface area contributed by atoms with Crippen LogP contribution in [0.3, 0.4) is 0 Å². The van der Waals surface area contributed by atoms with E-state index in [2.05, 4.69) is 10.4 Å². The van der Waals surface area contributed by atoms with E-state index in [-0.39, 0.29) is 17.4 Å². The fraction of sp³-hybridized carbons (Fsp3) is 0.375. The highest BCUT2D eigenvalue weighted by atomic mass is 16.3. The van der Waals surface area contributed by atoms with Crippen LogP contribution in [0.15, 0.2) is 36.5 Å². The van der Waals surface area contributed by atoms with Gasteiger partial charge in [0.05, 0.1) is 18.0 Å². The van der Waals surface area contributed by atoms with Crippen molar-refractivity contribution in [3.05, 3.63) is 42.2 Å². The number of carbonyl (C=O) groups is 1. The van der Waals surface area contributed by atoms with Crippen LogP contribution in [0.25, 0.3) is 5.69 Å². The van der Waals surface area contributed by atoms with Crippen molar-refractivity contribution in [3.8, 4) is 11.4 Å². The lowest BCUT2D eigenvalue weighted by atomic mass is 10.0. The summed E-state index contributed by atoms with van der Waals surface area (Å²) in [5.41, 5.74) is 0.757. The maximum Gasteiger partial charge on any atom is 0.275 e. The molecule has 0 bridgehead atoms. The zero-order valence-electron chi connectivity index (χ0n) is 12.7. The van der Waals surface area contributed by atoms with Gasteiger partial charge in [-0.3, -0.25) is 4.79 Å². The highest BCUT2D eigenvalue weighted by molar-refractivity contribution is 5.94. The van der Waals surface area contributed by atoms with Crippen LogP contribution in [0.4, 0.5) is 0 Å². The topological polar surface area (TPSA) is 87.4 Å². The summed E-state index contributed by atoms with van der Waals surface area (Å²) in [7, 11) is 0. The largest absolute Gasteiger partial charge is 0.504 e. The maximum absolute atomic E-state index is 12.1. The Morgan fingerprint density at radius 1 is 1.32 bits per heavy atom. The molecule has 1 amide bonds. The molecule has 2 unspecified atom stereocenters. The number of nitrogens with one attached hydrogen (secondary N) is 1. The highest BCUT2D eigenvalue weighted by Crippen LogP contribution is 2.18. The third kappa shape index (κ3) is 4.08. The molecule has 1 heterocycles. The van der Waals surface area contributed by atoms with Crippen molar-refractivity contribution in [1.82, 2.24) is 15.1 Å². The Morgan fingerprint density at radius 2 is 2.00 bits per heavy atom. The Balaban J connectivity index is 2.03. The average Bonchev–Trinajstić information content (AvgIpc) is 2.87. The van der Waals surface area contributed by atoms with Crippen molar-refractivity contribution in [2.45, 2.75) is 26.4 Å². The van der Waals surface area contributed by atoms with Gasteiger partial charge in [-0.25, -0.2) is 4.68 Å². The number of hydrogen-bond donors (Lipinski definition) is 3. The van der Waals surface area contributed by atoms with Crippen LogP contribution in [0.1, 0.15) is 30.8 Å². The molecule has 2 aromatic rings. The number of aromatic hydroxyl groups is 1. The monoisotopic (exact) mass is 303 g/mol. The highest BCUT2D eigenvalue weighted by Gasteiger charge is 2.17. The third-order valence-electron chi connectivity index (χ3n) is 3.29. The molecule has 1 aromatic heterocycles. The zero-order valence-corrected chi connectivity index (χ0v) is 12.7. The van der Waals surface area contributed by atoms with Crippen molar-refractivity contribution >= 4 is 5.91 Å². The van der Waals surface area contributed by atoms with Gasteiger partial charge in [0.15, 0.2) is 11.4 Å². The van der Waals surface area contributed by atoms with Crippen molar-refractivity contribution in [3.63, 3.8) is 0 Å². The number of carbonyl (C=O) groups excluding carboxylic acids is 1. The minimum absolute atomic E-state index is 0.00639. The predicted octanol–water partition coefficient (Wildman–Crippen LogP) is 1.71. The maximum atomic E-state index is 12.1. The molecule has 0 aliphatic heterocycles. The third-order valence-corrected chi connectivity index (χ3v) is 3.29. The molecule has 0 saturated heterocycles. The van der Waals surface area contributed by atoms with Gasteiger partial charge >= 0.3 is 0 Å². The van der Waals surface area contributed by atoms with Gasteiger partial charge in [-0.15, -0.1) is 0 Å². The summed E-state index contributed by atoms with van der Waals surface area (Å²) in [5.74, 6) is -0.448. The van der Waals surface area contributed by atoms with E-state index in [9.17, 15) is 15.0 Å². The van der Waals surface area contributed by atoms with Gasteiger partial charge in [-0.2, -0.15) is 5.10 Å². The number of nitrogens with zero attached hydrogens (tertiary/aromatic N) is 2. The molecule has 0 fully saturated rings. The Labute approximate surface area is 129 Å². The first-order valence-corrected chi connectivity index (χ1v) is 7.27. The summed E-state index contributed by atoms with van der Waals surface area (Å²) in [5, 5.41) is 26.0. The minimum Gasteiger partial charge on any atom is -0.504 e. The Hall–Kier alpha value is -2.34. The fourth-order valence-electron chi connectivity index (χ4n) is 2.26.